The van der Waals surface area contributed by atoms with Crippen LogP contribution in [0.1, 0.15) is 18.1 Å². The minimum absolute atomic E-state index is 0.417. The second-order valence-electron chi connectivity index (χ2n) is 3.83. The fraction of sp³-hybridized carbons (Fsp3) is 0.500. The zero-order valence-corrected chi connectivity index (χ0v) is 9.09. The van der Waals surface area contributed by atoms with E-state index in [9.17, 15) is 0 Å². The molecule has 3 N–H and O–H groups in total. The largest absolute Gasteiger partial charge is 0.329 e. The Balaban J connectivity index is 2.28. The highest BCUT2D eigenvalue weighted by molar-refractivity contribution is 5.21. The molecule has 1 aromatic rings. The van der Waals surface area contributed by atoms with Crippen LogP contribution in [0.15, 0.2) is 24.3 Å². The van der Waals surface area contributed by atoms with Gasteiger partial charge in [0.1, 0.15) is 0 Å². The lowest BCUT2D eigenvalue weighted by atomic mass is 10.1. The van der Waals surface area contributed by atoms with Gasteiger partial charge < -0.3 is 11.1 Å². The molecule has 78 valence electrons. The van der Waals surface area contributed by atoms with E-state index in [1.807, 2.05) is 0 Å². The summed E-state index contributed by atoms with van der Waals surface area (Å²) in [6, 6.07) is 9.10. The van der Waals surface area contributed by atoms with Gasteiger partial charge in [-0.15, -0.1) is 0 Å². The van der Waals surface area contributed by atoms with Gasteiger partial charge in [0.2, 0.25) is 0 Å². The maximum atomic E-state index is 5.51. The molecule has 14 heavy (non-hydrogen) atoms. The molecule has 0 aromatic heterocycles. The van der Waals surface area contributed by atoms with Gasteiger partial charge in [-0.05, 0) is 32.4 Å². The van der Waals surface area contributed by atoms with Crippen molar-refractivity contribution in [3.05, 3.63) is 35.4 Å². The minimum Gasteiger partial charge on any atom is -0.329 e. The van der Waals surface area contributed by atoms with Gasteiger partial charge >= 0.3 is 0 Å². The number of nitrogens with one attached hydrogen (secondary N) is 1. The van der Waals surface area contributed by atoms with Gasteiger partial charge in [-0.1, -0.05) is 29.8 Å². The predicted molar refractivity (Wildman–Crippen MR) is 61.4 cm³/mol. The quantitative estimate of drug-likeness (QED) is 0.741. The molecule has 0 saturated carbocycles. The first-order valence-electron chi connectivity index (χ1n) is 5.21. The van der Waals surface area contributed by atoms with Crippen LogP contribution in [0.4, 0.5) is 0 Å². The van der Waals surface area contributed by atoms with Crippen molar-refractivity contribution < 1.29 is 0 Å². The highest BCUT2D eigenvalue weighted by Gasteiger charge is 1.97. The van der Waals surface area contributed by atoms with Crippen molar-refractivity contribution in [2.24, 2.45) is 5.73 Å². The molecule has 0 fully saturated rings. The maximum absolute atomic E-state index is 5.51. The van der Waals surface area contributed by atoms with Crippen LogP contribution in [-0.4, -0.2) is 19.1 Å². The molecule has 0 saturated heterocycles. The minimum atomic E-state index is 0.417. The van der Waals surface area contributed by atoms with Gasteiger partial charge in [0, 0.05) is 12.6 Å². The van der Waals surface area contributed by atoms with E-state index in [0.717, 1.165) is 13.0 Å². The van der Waals surface area contributed by atoms with Crippen LogP contribution < -0.4 is 11.1 Å². The first-order chi connectivity index (χ1) is 6.72. The molecular weight excluding hydrogens is 172 g/mol. The van der Waals surface area contributed by atoms with Crippen LogP contribution in [0.3, 0.4) is 0 Å². The van der Waals surface area contributed by atoms with E-state index in [0.29, 0.717) is 12.6 Å². The molecular formula is C12H20N2. The van der Waals surface area contributed by atoms with Crippen LogP contribution in [-0.2, 0) is 6.42 Å². The fourth-order valence-electron chi connectivity index (χ4n) is 1.30. The zero-order chi connectivity index (χ0) is 10.4. The summed E-state index contributed by atoms with van der Waals surface area (Å²) in [6.45, 7) is 5.92. The normalized spacial score (nSPS) is 12.8. The average Bonchev–Trinajstić information content (AvgIpc) is 2.21. The van der Waals surface area contributed by atoms with Crippen molar-refractivity contribution in [3.8, 4) is 0 Å². The van der Waals surface area contributed by atoms with Crippen molar-refractivity contribution in [3.63, 3.8) is 0 Å². The van der Waals surface area contributed by atoms with Gasteiger partial charge in [-0.2, -0.15) is 0 Å². The summed E-state index contributed by atoms with van der Waals surface area (Å²) in [4.78, 5) is 0. The van der Waals surface area contributed by atoms with Crippen LogP contribution in [0.2, 0.25) is 0 Å². The first-order valence-corrected chi connectivity index (χ1v) is 5.21. The summed E-state index contributed by atoms with van der Waals surface area (Å²) < 4.78 is 0. The van der Waals surface area contributed by atoms with E-state index in [1.54, 1.807) is 0 Å². The summed E-state index contributed by atoms with van der Waals surface area (Å²) in [5.74, 6) is 0. The molecule has 0 aliphatic carbocycles. The fourth-order valence-corrected chi connectivity index (χ4v) is 1.30. The van der Waals surface area contributed by atoms with Crippen molar-refractivity contribution >= 4 is 0 Å². The lowest BCUT2D eigenvalue weighted by Crippen LogP contribution is -2.34. The molecule has 0 heterocycles. The van der Waals surface area contributed by atoms with Gasteiger partial charge in [0.25, 0.3) is 0 Å². The number of aryl methyl sites for hydroxylation is 1. The Morgan fingerprint density at radius 1 is 1.29 bits per heavy atom. The summed E-state index contributed by atoms with van der Waals surface area (Å²) in [5, 5.41) is 3.37. The van der Waals surface area contributed by atoms with Crippen LogP contribution in [0.5, 0.6) is 0 Å². The molecule has 0 radical (unpaired) electrons. The third-order valence-electron chi connectivity index (χ3n) is 2.38. The molecule has 0 spiro atoms. The van der Waals surface area contributed by atoms with Gasteiger partial charge in [0.15, 0.2) is 0 Å². The molecule has 1 unspecified atom stereocenters. The molecule has 1 atom stereocenters. The van der Waals surface area contributed by atoms with Gasteiger partial charge in [-0.25, -0.2) is 0 Å². The highest BCUT2D eigenvalue weighted by atomic mass is 14.9. The number of hydrogen-bond donors (Lipinski definition) is 2. The number of nitrogens with two attached hydrogens (primary N) is 1. The smallest absolute Gasteiger partial charge is 0.0162 e. The molecule has 2 heteroatoms. The van der Waals surface area contributed by atoms with Crippen molar-refractivity contribution in [2.45, 2.75) is 26.3 Å². The monoisotopic (exact) mass is 192 g/mol. The van der Waals surface area contributed by atoms with Crippen molar-refractivity contribution in [1.29, 1.82) is 0 Å². The zero-order valence-electron chi connectivity index (χ0n) is 9.09. The molecule has 1 aromatic carbocycles. The third kappa shape index (κ3) is 3.90. The summed E-state index contributed by atoms with van der Waals surface area (Å²) in [6.07, 6.45) is 1.07. The van der Waals surface area contributed by atoms with Crippen molar-refractivity contribution in [1.82, 2.24) is 5.32 Å². The molecule has 0 bridgehead atoms. The van der Waals surface area contributed by atoms with Crippen LogP contribution in [0.25, 0.3) is 0 Å². The summed E-state index contributed by atoms with van der Waals surface area (Å²) in [5.41, 5.74) is 8.21. The van der Waals surface area contributed by atoms with Crippen LogP contribution >= 0.6 is 0 Å². The Kier molecular flexibility index (Phi) is 4.63. The standard InChI is InChI=1S/C12H20N2/c1-10-3-5-12(6-4-10)7-8-14-11(2)9-13/h3-6,11,14H,7-9,13H2,1-2H3. The summed E-state index contributed by atoms with van der Waals surface area (Å²) >= 11 is 0. The molecule has 2 nitrogen and oxygen atoms in total. The second kappa shape index (κ2) is 5.78. The van der Waals surface area contributed by atoms with E-state index >= 15 is 0 Å². The predicted octanol–water partition coefficient (Wildman–Crippen LogP) is 1.47. The molecule has 1 rings (SSSR count). The lowest BCUT2D eigenvalue weighted by molar-refractivity contribution is 0.559. The Hall–Kier alpha value is -0.860. The third-order valence-corrected chi connectivity index (χ3v) is 2.38. The SMILES string of the molecule is Cc1ccc(CCNC(C)CN)cc1. The first kappa shape index (κ1) is 11.2. The van der Waals surface area contributed by atoms with Crippen molar-refractivity contribution in [2.75, 3.05) is 13.1 Å². The van der Waals surface area contributed by atoms with Gasteiger partial charge in [-0.3, -0.25) is 0 Å². The van der Waals surface area contributed by atoms with E-state index in [2.05, 4.69) is 43.4 Å². The second-order valence-corrected chi connectivity index (χ2v) is 3.83. The number of benzene rings is 1. The highest BCUT2D eigenvalue weighted by Crippen LogP contribution is 2.03. The Morgan fingerprint density at radius 3 is 2.50 bits per heavy atom. The Labute approximate surface area is 86.5 Å². The Bertz CT molecular complexity index is 254. The van der Waals surface area contributed by atoms with E-state index < -0.39 is 0 Å². The van der Waals surface area contributed by atoms with E-state index in [1.165, 1.54) is 11.1 Å². The van der Waals surface area contributed by atoms with Gasteiger partial charge in [0.05, 0.1) is 0 Å². The van der Waals surface area contributed by atoms with E-state index in [4.69, 9.17) is 5.73 Å². The topological polar surface area (TPSA) is 38.0 Å². The van der Waals surface area contributed by atoms with E-state index in [-0.39, 0.29) is 0 Å². The number of rotatable bonds is 5. The molecule has 0 aliphatic heterocycles. The van der Waals surface area contributed by atoms with Crippen LogP contribution in [0, 0.1) is 6.92 Å². The average molecular weight is 192 g/mol. The lowest BCUT2D eigenvalue weighted by Gasteiger charge is -2.10. The maximum Gasteiger partial charge on any atom is 0.0162 e. The summed E-state index contributed by atoms with van der Waals surface area (Å²) in [7, 11) is 0. The Morgan fingerprint density at radius 2 is 1.93 bits per heavy atom. The number of hydrogen-bond acceptors (Lipinski definition) is 2. The molecule has 0 aliphatic rings. The molecule has 0 amide bonds.